The Bertz CT molecular complexity index is 376. The molecule has 0 saturated carbocycles. The van der Waals surface area contributed by atoms with Crippen molar-refractivity contribution in [2.45, 2.75) is 25.4 Å². The Morgan fingerprint density at radius 1 is 1.24 bits per heavy atom. The highest BCUT2D eigenvalue weighted by molar-refractivity contribution is 5.16. The normalized spacial score (nSPS) is 29.2. The molecule has 17 heavy (non-hydrogen) atoms. The molecule has 0 bridgehead atoms. The minimum absolute atomic E-state index is 0.146. The molecular formula is C14H19FN2. The number of halogens is 1. The number of nitrogens with zero attached hydrogens (tertiary/aromatic N) is 1. The van der Waals surface area contributed by atoms with Crippen LogP contribution < -0.4 is 5.32 Å². The first-order valence-electron chi connectivity index (χ1n) is 6.52. The Balaban J connectivity index is 1.69. The first-order valence-corrected chi connectivity index (χ1v) is 6.52. The third-order valence-corrected chi connectivity index (χ3v) is 4.09. The van der Waals surface area contributed by atoms with Crippen LogP contribution in [0.5, 0.6) is 0 Å². The van der Waals surface area contributed by atoms with Gasteiger partial charge in [-0.1, -0.05) is 12.1 Å². The summed E-state index contributed by atoms with van der Waals surface area (Å²) >= 11 is 0. The molecular weight excluding hydrogens is 215 g/mol. The maximum absolute atomic E-state index is 12.9. The third kappa shape index (κ3) is 2.35. The van der Waals surface area contributed by atoms with E-state index in [-0.39, 0.29) is 5.82 Å². The maximum Gasteiger partial charge on any atom is 0.123 e. The molecule has 2 atom stereocenters. The van der Waals surface area contributed by atoms with Gasteiger partial charge in [0.15, 0.2) is 0 Å². The van der Waals surface area contributed by atoms with E-state index in [2.05, 4.69) is 10.2 Å². The van der Waals surface area contributed by atoms with E-state index in [1.165, 1.54) is 31.5 Å². The summed E-state index contributed by atoms with van der Waals surface area (Å²) < 4.78 is 12.9. The molecule has 92 valence electrons. The summed E-state index contributed by atoms with van der Waals surface area (Å²) in [5.41, 5.74) is 1.22. The third-order valence-electron chi connectivity index (χ3n) is 4.09. The highest BCUT2D eigenvalue weighted by Gasteiger charge is 2.34. The highest BCUT2D eigenvalue weighted by atomic mass is 19.1. The topological polar surface area (TPSA) is 15.3 Å². The molecule has 1 aromatic rings. The van der Waals surface area contributed by atoms with E-state index in [0.717, 1.165) is 19.0 Å². The van der Waals surface area contributed by atoms with E-state index in [1.54, 1.807) is 12.1 Å². The fraction of sp³-hybridized carbons (Fsp3) is 0.571. The number of nitrogens with one attached hydrogen (secondary N) is 1. The molecule has 3 heteroatoms. The van der Waals surface area contributed by atoms with Crippen molar-refractivity contribution in [2.24, 2.45) is 5.92 Å². The molecule has 2 unspecified atom stereocenters. The van der Waals surface area contributed by atoms with Gasteiger partial charge in [-0.15, -0.1) is 0 Å². The molecule has 0 radical (unpaired) electrons. The second-order valence-corrected chi connectivity index (χ2v) is 5.22. The van der Waals surface area contributed by atoms with Crippen LogP contribution in [0.25, 0.3) is 0 Å². The van der Waals surface area contributed by atoms with Crippen molar-refractivity contribution in [3.63, 3.8) is 0 Å². The molecule has 3 rings (SSSR count). The van der Waals surface area contributed by atoms with Gasteiger partial charge in [0.25, 0.3) is 0 Å². The first-order chi connectivity index (χ1) is 8.33. The smallest absolute Gasteiger partial charge is 0.123 e. The quantitative estimate of drug-likeness (QED) is 0.842. The van der Waals surface area contributed by atoms with E-state index >= 15 is 0 Å². The molecule has 2 nitrogen and oxygen atoms in total. The summed E-state index contributed by atoms with van der Waals surface area (Å²) in [5, 5.41) is 3.49. The Hall–Kier alpha value is -0.930. The van der Waals surface area contributed by atoms with Gasteiger partial charge in [-0.05, 0) is 49.5 Å². The van der Waals surface area contributed by atoms with Crippen LogP contribution >= 0.6 is 0 Å². The molecule has 1 N–H and O–H groups in total. The summed E-state index contributed by atoms with van der Waals surface area (Å²) in [6, 6.07) is 7.62. The lowest BCUT2D eigenvalue weighted by molar-refractivity contribution is 0.117. The molecule has 2 heterocycles. The molecule has 2 aliphatic rings. The Labute approximate surface area is 102 Å². The molecule has 0 aromatic heterocycles. The minimum Gasteiger partial charge on any atom is -0.315 e. The minimum atomic E-state index is -0.146. The number of piperidine rings is 1. The fourth-order valence-electron chi connectivity index (χ4n) is 3.18. The molecule has 2 aliphatic heterocycles. The lowest BCUT2D eigenvalue weighted by Gasteiger charge is -2.37. The van der Waals surface area contributed by atoms with E-state index < -0.39 is 0 Å². The second kappa shape index (κ2) is 4.75. The van der Waals surface area contributed by atoms with Gasteiger partial charge < -0.3 is 5.32 Å². The van der Waals surface area contributed by atoms with Crippen molar-refractivity contribution in [1.82, 2.24) is 10.2 Å². The lowest BCUT2D eigenvalue weighted by atomic mass is 9.91. The Kier molecular flexibility index (Phi) is 3.12. The predicted octanol–water partition coefficient (Wildman–Crippen LogP) is 2.01. The van der Waals surface area contributed by atoms with Crippen LogP contribution in [-0.2, 0) is 6.54 Å². The van der Waals surface area contributed by atoms with E-state index in [4.69, 9.17) is 0 Å². The van der Waals surface area contributed by atoms with Gasteiger partial charge in [-0.3, -0.25) is 4.90 Å². The van der Waals surface area contributed by atoms with Crippen LogP contribution in [0, 0.1) is 11.7 Å². The Morgan fingerprint density at radius 3 is 2.88 bits per heavy atom. The standard InChI is InChI=1S/C14H19FN2/c15-13-5-3-11(4-6-13)10-17-7-1-2-12-8-16-9-14(12)17/h3-6,12,14,16H,1-2,7-10H2. The molecule has 0 spiro atoms. The molecule has 2 saturated heterocycles. The molecule has 2 fully saturated rings. The van der Waals surface area contributed by atoms with Gasteiger partial charge >= 0.3 is 0 Å². The van der Waals surface area contributed by atoms with Crippen molar-refractivity contribution in [1.29, 1.82) is 0 Å². The van der Waals surface area contributed by atoms with Gasteiger partial charge in [-0.2, -0.15) is 0 Å². The van der Waals surface area contributed by atoms with Crippen molar-refractivity contribution >= 4 is 0 Å². The zero-order valence-electron chi connectivity index (χ0n) is 10.0. The number of hydrogen-bond donors (Lipinski definition) is 1. The zero-order valence-corrected chi connectivity index (χ0v) is 10.0. The van der Waals surface area contributed by atoms with E-state index in [1.807, 2.05) is 12.1 Å². The number of rotatable bonds is 2. The SMILES string of the molecule is Fc1ccc(CN2CCCC3CNCC32)cc1. The van der Waals surface area contributed by atoms with Crippen LogP contribution in [-0.4, -0.2) is 30.6 Å². The van der Waals surface area contributed by atoms with Gasteiger partial charge in [0, 0.05) is 19.1 Å². The summed E-state index contributed by atoms with van der Waals surface area (Å²) in [6.45, 7) is 4.43. The average Bonchev–Trinajstić information content (AvgIpc) is 2.81. The van der Waals surface area contributed by atoms with Crippen LogP contribution in [0.1, 0.15) is 18.4 Å². The van der Waals surface area contributed by atoms with Crippen molar-refractivity contribution in [2.75, 3.05) is 19.6 Å². The summed E-state index contributed by atoms with van der Waals surface area (Å²) in [7, 11) is 0. The molecule has 0 aliphatic carbocycles. The van der Waals surface area contributed by atoms with Crippen LogP contribution in [0.2, 0.25) is 0 Å². The predicted molar refractivity (Wildman–Crippen MR) is 66.2 cm³/mol. The number of likely N-dealkylation sites (tertiary alicyclic amines) is 1. The van der Waals surface area contributed by atoms with Gasteiger partial charge in [0.1, 0.15) is 5.82 Å². The van der Waals surface area contributed by atoms with Gasteiger partial charge in [-0.25, -0.2) is 4.39 Å². The highest BCUT2D eigenvalue weighted by Crippen LogP contribution is 2.27. The van der Waals surface area contributed by atoms with Crippen LogP contribution in [0.4, 0.5) is 4.39 Å². The number of hydrogen-bond acceptors (Lipinski definition) is 2. The lowest BCUT2D eigenvalue weighted by Crippen LogP contribution is -2.44. The van der Waals surface area contributed by atoms with E-state index in [0.29, 0.717) is 6.04 Å². The summed E-state index contributed by atoms with van der Waals surface area (Å²) in [6.07, 6.45) is 2.65. The monoisotopic (exact) mass is 234 g/mol. The zero-order chi connectivity index (χ0) is 11.7. The summed E-state index contributed by atoms with van der Waals surface area (Å²) in [5.74, 6) is 0.678. The van der Waals surface area contributed by atoms with E-state index in [9.17, 15) is 4.39 Å². The van der Waals surface area contributed by atoms with Crippen molar-refractivity contribution in [3.05, 3.63) is 35.6 Å². The van der Waals surface area contributed by atoms with Crippen molar-refractivity contribution < 1.29 is 4.39 Å². The first kappa shape index (κ1) is 11.2. The Morgan fingerprint density at radius 2 is 2.06 bits per heavy atom. The van der Waals surface area contributed by atoms with Gasteiger partial charge in [0.05, 0.1) is 0 Å². The average molecular weight is 234 g/mol. The van der Waals surface area contributed by atoms with Crippen molar-refractivity contribution in [3.8, 4) is 0 Å². The number of benzene rings is 1. The fourth-order valence-corrected chi connectivity index (χ4v) is 3.18. The maximum atomic E-state index is 12.9. The second-order valence-electron chi connectivity index (χ2n) is 5.22. The van der Waals surface area contributed by atoms with Crippen LogP contribution in [0.3, 0.4) is 0 Å². The van der Waals surface area contributed by atoms with Crippen LogP contribution in [0.15, 0.2) is 24.3 Å². The largest absolute Gasteiger partial charge is 0.315 e. The van der Waals surface area contributed by atoms with Gasteiger partial charge in [0.2, 0.25) is 0 Å². The summed E-state index contributed by atoms with van der Waals surface area (Å²) in [4.78, 5) is 2.56. The molecule has 0 amide bonds. The number of fused-ring (bicyclic) bond motifs is 1. The molecule has 1 aromatic carbocycles.